The number of hydrogen-bond donors (Lipinski definition) is 0. The summed E-state index contributed by atoms with van der Waals surface area (Å²) in [4.78, 5) is 0. The molecule has 20 heavy (non-hydrogen) atoms. The molecule has 1 aliphatic heterocycles. The molecular formula is C19H30O. The number of hydrogen-bond acceptors (Lipinski definition) is 1. The van der Waals surface area contributed by atoms with Crippen LogP contribution in [0.15, 0.2) is 0 Å². The summed E-state index contributed by atoms with van der Waals surface area (Å²) >= 11 is 0. The van der Waals surface area contributed by atoms with Gasteiger partial charge in [-0.2, -0.15) is 0 Å². The molecular weight excluding hydrogens is 244 g/mol. The van der Waals surface area contributed by atoms with Crippen LogP contribution < -0.4 is 0 Å². The van der Waals surface area contributed by atoms with Crippen molar-refractivity contribution in [3.05, 3.63) is 0 Å². The molecule has 0 aromatic rings. The third-order valence-electron chi connectivity index (χ3n) is 8.77. The minimum atomic E-state index is 0.666. The van der Waals surface area contributed by atoms with Crippen molar-refractivity contribution in [2.45, 2.75) is 77.2 Å². The van der Waals surface area contributed by atoms with Crippen LogP contribution in [0.4, 0.5) is 0 Å². The normalized spacial score (nSPS) is 60.8. The number of rotatable bonds is 0. The van der Waals surface area contributed by atoms with Crippen LogP contribution in [0, 0.1) is 34.5 Å². The van der Waals surface area contributed by atoms with Crippen LogP contribution in [-0.2, 0) is 4.74 Å². The van der Waals surface area contributed by atoms with Crippen molar-refractivity contribution in [2.75, 3.05) is 6.61 Å². The fourth-order valence-corrected chi connectivity index (χ4v) is 7.74. The van der Waals surface area contributed by atoms with Crippen LogP contribution >= 0.6 is 0 Å². The highest BCUT2D eigenvalue weighted by Gasteiger charge is 2.65. The second-order valence-corrected chi connectivity index (χ2v) is 9.05. The molecule has 0 amide bonds. The maximum Gasteiger partial charge on any atom is 0.0656 e. The largest absolute Gasteiger partial charge is 0.377 e. The Balaban J connectivity index is 1.48. The Morgan fingerprint density at radius 1 is 0.850 bits per heavy atom. The lowest BCUT2D eigenvalue weighted by Crippen LogP contribution is -2.59. The molecule has 5 fully saturated rings. The predicted molar refractivity (Wildman–Crippen MR) is 80.4 cm³/mol. The first kappa shape index (κ1) is 12.5. The molecule has 4 aliphatic carbocycles. The Kier molecular flexibility index (Phi) is 2.52. The van der Waals surface area contributed by atoms with Crippen molar-refractivity contribution in [3.63, 3.8) is 0 Å². The first-order chi connectivity index (χ1) is 9.74. The van der Waals surface area contributed by atoms with Crippen molar-refractivity contribution in [1.82, 2.24) is 0 Å². The van der Waals surface area contributed by atoms with Gasteiger partial charge in [0.15, 0.2) is 0 Å². The lowest BCUT2D eigenvalue weighted by atomic mass is 9.44. The van der Waals surface area contributed by atoms with Gasteiger partial charge < -0.3 is 4.74 Å². The Bertz CT molecular complexity index is 418. The summed E-state index contributed by atoms with van der Waals surface area (Å²) in [6.07, 6.45) is 15.8. The third-order valence-corrected chi connectivity index (χ3v) is 8.77. The third kappa shape index (κ3) is 1.35. The van der Waals surface area contributed by atoms with Gasteiger partial charge in [0.05, 0.1) is 12.7 Å². The summed E-state index contributed by atoms with van der Waals surface area (Å²) in [6.45, 7) is 3.81. The van der Waals surface area contributed by atoms with E-state index in [1.54, 1.807) is 25.7 Å². The lowest BCUT2D eigenvalue weighted by molar-refractivity contribution is -0.229. The van der Waals surface area contributed by atoms with Crippen LogP contribution in [0.25, 0.3) is 0 Å². The van der Waals surface area contributed by atoms with Crippen LogP contribution in [0.1, 0.15) is 71.1 Å². The Morgan fingerprint density at radius 2 is 1.80 bits per heavy atom. The fraction of sp³-hybridized carbons (Fsp3) is 1.00. The highest BCUT2D eigenvalue weighted by Crippen LogP contribution is 2.68. The molecule has 5 rings (SSSR count). The molecule has 0 N–H and O–H groups in total. The van der Waals surface area contributed by atoms with Crippen molar-refractivity contribution >= 4 is 0 Å². The molecule has 112 valence electrons. The maximum atomic E-state index is 5.93. The summed E-state index contributed by atoms with van der Waals surface area (Å²) in [5, 5.41) is 0. The van der Waals surface area contributed by atoms with E-state index < -0.39 is 0 Å². The monoisotopic (exact) mass is 274 g/mol. The van der Waals surface area contributed by atoms with Gasteiger partial charge in [-0.1, -0.05) is 19.8 Å². The molecule has 1 heterocycles. The molecule has 0 radical (unpaired) electrons. The minimum absolute atomic E-state index is 0.666. The molecule has 0 aromatic heterocycles. The van der Waals surface area contributed by atoms with Gasteiger partial charge in [-0.05, 0) is 80.5 Å². The van der Waals surface area contributed by atoms with E-state index in [-0.39, 0.29) is 0 Å². The number of fused-ring (bicyclic) bond motifs is 4. The van der Waals surface area contributed by atoms with Crippen LogP contribution in [0.5, 0.6) is 0 Å². The summed E-state index contributed by atoms with van der Waals surface area (Å²) in [5.74, 6) is 4.25. The standard InChI is InChI=1S/C19H30O/c1-18-10-3-2-4-13(18)5-6-14-15(18)9-11-19-12-20-17(19)8-7-16(14)19/h13-17H,2-12H2,1H3/t13?,14-,15+,16+,17?,18+,19-/m1/s1. The minimum Gasteiger partial charge on any atom is -0.377 e. The van der Waals surface area contributed by atoms with E-state index in [0.29, 0.717) is 16.9 Å². The van der Waals surface area contributed by atoms with E-state index in [1.807, 2.05) is 0 Å². The first-order valence-corrected chi connectivity index (χ1v) is 9.36. The smallest absolute Gasteiger partial charge is 0.0656 e. The Morgan fingerprint density at radius 3 is 2.65 bits per heavy atom. The van der Waals surface area contributed by atoms with E-state index in [4.69, 9.17) is 4.74 Å². The molecule has 2 unspecified atom stereocenters. The molecule has 1 spiro atoms. The first-order valence-electron chi connectivity index (χ1n) is 9.36. The average molecular weight is 274 g/mol. The molecule has 0 aromatic carbocycles. The zero-order valence-corrected chi connectivity index (χ0v) is 13.1. The SMILES string of the molecule is C[C@]12CCCCC1CC[C@H]1[C@@H]3CCC4OC[C@@]43CC[C@@H]12. The van der Waals surface area contributed by atoms with Crippen molar-refractivity contribution in [1.29, 1.82) is 0 Å². The predicted octanol–water partition coefficient (Wildman–Crippen LogP) is 4.80. The number of ether oxygens (including phenoxy) is 1. The van der Waals surface area contributed by atoms with Crippen LogP contribution in [0.2, 0.25) is 0 Å². The molecule has 1 saturated heterocycles. The second-order valence-electron chi connectivity index (χ2n) is 9.05. The Hall–Kier alpha value is -0.0400. The van der Waals surface area contributed by atoms with E-state index in [2.05, 4.69) is 6.92 Å². The van der Waals surface area contributed by atoms with Crippen molar-refractivity contribution in [3.8, 4) is 0 Å². The van der Waals surface area contributed by atoms with Gasteiger partial charge in [0.25, 0.3) is 0 Å². The summed E-state index contributed by atoms with van der Waals surface area (Å²) in [7, 11) is 0. The topological polar surface area (TPSA) is 9.23 Å². The summed E-state index contributed by atoms with van der Waals surface area (Å²) in [5.41, 5.74) is 1.38. The highest BCUT2D eigenvalue weighted by molar-refractivity contribution is 5.13. The van der Waals surface area contributed by atoms with Crippen LogP contribution in [-0.4, -0.2) is 12.7 Å². The lowest BCUT2D eigenvalue weighted by Gasteiger charge is -2.62. The van der Waals surface area contributed by atoms with Gasteiger partial charge in [-0.25, -0.2) is 0 Å². The Labute approximate surface area is 123 Å². The second kappa shape index (κ2) is 4.03. The van der Waals surface area contributed by atoms with Gasteiger partial charge in [0.2, 0.25) is 0 Å². The van der Waals surface area contributed by atoms with E-state index >= 15 is 0 Å². The van der Waals surface area contributed by atoms with E-state index in [9.17, 15) is 0 Å². The van der Waals surface area contributed by atoms with Gasteiger partial charge in [0, 0.05) is 5.41 Å². The van der Waals surface area contributed by atoms with Gasteiger partial charge in [-0.3, -0.25) is 0 Å². The summed E-state index contributed by atoms with van der Waals surface area (Å²) < 4.78 is 5.93. The van der Waals surface area contributed by atoms with Gasteiger partial charge >= 0.3 is 0 Å². The highest BCUT2D eigenvalue weighted by atomic mass is 16.5. The molecule has 0 bridgehead atoms. The fourth-order valence-electron chi connectivity index (χ4n) is 7.74. The molecule has 5 aliphatic rings. The zero-order valence-electron chi connectivity index (χ0n) is 13.1. The quantitative estimate of drug-likeness (QED) is 0.616. The van der Waals surface area contributed by atoms with Gasteiger partial charge in [-0.15, -0.1) is 0 Å². The van der Waals surface area contributed by atoms with E-state index in [0.717, 1.165) is 30.3 Å². The van der Waals surface area contributed by atoms with Crippen molar-refractivity contribution in [2.24, 2.45) is 34.5 Å². The molecule has 7 atom stereocenters. The molecule has 4 saturated carbocycles. The zero-order chi connectivity index (χ0) is 13.4. The summed E-state index contributed by atoms with van der Waals surface area (Å²) in [6, 6.07) is 0. The van der Waals surface area contributed by atoms with E-state index in [1.165, 1.54) is 38.5 Å². The maximum absolute atomic E-state index is 5.93. The molecule has 1 heteroatoms. The molecule has 1 nitrogen and oxygen atoms in total. The van der Waals surface area contributed by atoms with Crippen LogP contribution in [0.3, 0.4) is 0 Å². The average Bonchev–Trinajstić information content (AvgIpc) is 2.70. The van der Waals surface area contributed by atoms with Gasteiger partial charge in [0.1, 0.15) is 0 Å². The van der Waals surface area contributed by atoms with Crippen molar-refractivity contribution < 1.29 is 4.74 Å².